The van der Waals surface area contributed by atoms with Crippen LogP contribution in [0.15, 0.2) is 48.5 Å². The largest absolute Gasteiger partial charge is 0.398 e. The molecule has 0 heterocycles. The highest BCUT2D eigenvalue weighted by atomic mass is 14.9. The first-order valence-corrected chi connectivity index (χ1v) is 7.92. The summed E-state index contributed by atoms with van der Waals surface area (Å²) in [4.78, 5) is 0. The summed E-state index contributed by atoms with van der Waals surface area (Å²) in [6, 6.07) is 17.0. The number of benzene rings is 2. The van der Waals surface area contributed by atoms with Gasteiger partial charge in [-0.05, 0) is 37.1 Å². The van der Waals surface area contributed by atoms with E-state index in [4.69, 9.17) is 5.73 Å². The van der Waals surface area contributed by atoms with Crippen LogP contribution in [0.5, 0.6) is 0 Å². The minimum absolute atomic E-state index is 0.490. The molecule has 2 aromatic rings. The standard InChI is InChI=1S/C19H26N2/c1-3-4-6-9-15(2)21-17-12-13-19(20)18(14-17)16-10-7-5-8-11-16/h5,7-8,10-15,21H,3-4,6,9,20H2,1-2H3. The van der Waals surface area contributed by atoms with E-state index in [1.807, 2.05) is 24.3 Å². The second kappa shape index (κ2) is 7.72. The van der Waals surface area contributed by atoms with Gasteiger partial charge in [0, 0.05) is 23.0 Å². The van der Waals surface area contributed by atoms with Crippen LogP contribution in [-0.2, 0) is 0 Å². The lowest BCUT2D eigenvalue weighted by atomic mass is 10.0. The zero-order valence-corrected chi connectivity index (χ0v) is 13.1. The highest BCUT2D eigenvalue weighted by Crippen LogP contribution is 2.29. The summed E-state index contributed by atoms with van der Waals surface area (Å²) >= 11 is 0. The fraction of sp³-hybridized carbons (Fsp3) is 0.368. The van der Waals surface area contributed by atoms with Gasteiger partial charge in [0.25, 0.3) is 0 Å². The maximum absolute atomic E-state index is 6.12. The van der Waals surface area contributed by atoms with E-state index in [1.54, 1.807) is 0 Å². The highest BCUT2D eigenvalue weighted by Gasteiger charge is 2.06. The number of hydrogen-bond acceptors (Lipinski definition) is 2. The van der Waals surface area contributed by atoms with Crippen LogP contribution < -0.4 is 11.1 Å². The predicted molar refractivity (Wildman–Crippen MR) is 93.5 cm³/mol. The predicted octanol–water partition coefficient (Wildman–Crippen LogP) is 5.32. The first-order chi connectivity index (χ1) is 10.2. The van der Waals surface area contributed by atoms with Crippen molar-refractivity contribution in [3.05, 3.63) is 48.5 Å². The van der Waals surface area contributed by atoms with Gasteiger partial charge in [-0.1, -0.05) is 56.5 Å². The molecule has 1 atom stereocenters. The van der Waals surface area contributed by atoms with Crippen molar-refractivity contribution in [2.75, 3.05) is 11.1 Å². The molecule has 0 amide bonds. The van der Waals surface area contributed by atoms with Crippen LogP contribution in [-0.4, -0.2) is 6.04 Å². The third-order valence-electron chi connectivity index (χ3n) is 3.79. The Balaban J connectivity index is 2.08. The minimum Gasteiger partial charge on any atom is -0.398 e. The van der Waals surface area contributed by atoms with Crippen molar-refractivity contribution in [1.82, 2.24) is 0 Å². The number of rotatable bonds is 7. The van der Waals surface area contributed by atoms with Crippen LogP contribution in [0.1, 0.15) is 39.5 Å². The van der Waals surface area contributed by atoms with Gasteiger partial charge in [0.1, 0.15) is 0 Å². The molecule has 112 valence electrons. The van der Waals surface area contributed by atoms with Crippen molar-refractivity contribution in [2.24, 2.45) is 0 Å². The molecule has 2 rings (SSSR count). The summed E-state index contributed by atoms with van der Waals surface area (Å²) in [7, 11) is 0. The van der Waals surface area contributed by atoms with E-state index in [0.717, 1.165) is 22.5 Å². The molecule has 0 spiro atoms. The molecule has 0 saturated heterocycles. The number of hydrogen-bond donors (Lipinski definition) is 2. The van der Waals surface area contributed by atoms with Crippen molar-refractivity contribution < 1.29 is 0 Å². The van der Waals surface area contributed by atoms with Crippen molar-refractivity contribution in [1.29, 1.82) is 0 Å². The fourth-order valence-electron chi connectivity index (χ4n) is 2.57. The third-order valence-corrected chi connectivity index (χ3v) is 3.79. The molecular weight excluding hydrogens is 256 g/mol. The van der Waals surface area contributed by atoms with Crippen LogP contribution in [0.2, 0.25) is 0 Å². The molecule has 2 nitrogen and oxygen atoms in total. The molecule has 1 unspecified atom stereocenters. The van der Waals surface area contributed by atoms with Gasteiger partial charge in [0.15, 0.2) is 0 Å². The minimum atomic E-state index is 0.490. The molecule has 21 heavy (non-hydrogen) atoms. The van der Waals surface area contributed by atoms with E-state index < -0.39 is 0 Å². The Kier molecular flexibility index (Phi) is 5.68. The highest BCUT2D eigenvalue weighted by molar-refractivity contribution is 5.79. The Bertz CT molecular complexity index is 549. The number of unbranched alkanes of at least 4 members (excludes halogenated alkanes) is 2. The zero-order chi connectivity index (χ0) is 15.1. The first-order valence-electron chi connectivity index (χ1n) is 7.92. The lowest BCUT2D eigenvalue weighted by molar-refractivity contribution is 0.615. The summed E-state index contributed by atoms with van der Waals surface area (Å²) < 4.78 is 0. The van der Waals surface area contributed by atoms with Gasteiger partial charge < -0.3 is 11.1 Å². The van der Waals surface area contributed by atoms with Crippen molar-refractivity contribution >= 4 is 11.4 Å². The van der Waals surface area contributed by atoms with Crippen LogP contribution in [0.25, 0.3) is 11.1 Å². The Hall–Kier alpha value is -1.96. The first kappa shape index (κ1) is 15.4. The van der Waals surface area contributed by atoms with E-state index >= 15 is 0 Å². The fourth-order valence-corrected chi connectivity index (χ4v) is 2.57. The van der Waals surface area contributed by atoms with E-state index in [9.17, 15) is 0 Å². The Morgan fingerprint density at radius 2 is 1.81 bits per heavy atom. The molecule has 0 aliphatic heterocycles. The van der Waals surface area contributed by atoms with Gasteiger partial charge in [-0.3, -0.25) is 0 Å². The maximum Gasteiger partial charge on any atom is 0.0395 e. The SMILES string of the molecule is CCCCCC(C)Nc1ccc(N)c(-c2ccccc2)c1. The molecule has 0 saturated carbocycles. The molecule has 0 fully saturated rings. The smallest absolute Gasteiger partial charge is 0.0395 e. The number of nitrogens with two attached hydrogens (primary N) is 1. The number of anilines is 2. The van der Waals surface area contributed by atoms with E-state index in [-0.39, 0.29) is 0 Å². The summed E-state index contributed by atoms with van der Waals surface area (Å²) in [6.45, 7) is 4.48. The molecular formula is C19H26N2. The van der Waals surface area contributed by atoms with Crippen LogP contribution >= 0.6 is 0 Å². The van der Waals surface area contributed by atoms with Gasteiger partial charge in [-0.2, -0.15) is 0 Å². The summed E-state index contributed by atoms with van der Waals surface area (Å²) in [5.41, 5.74) is 10.4. The maximum atomic E-state index is 6.12. The second-order valence-corrected chi connectivity index (χ2v) is 5.71. The number of nitrogens with one attached hydrogen (secondary N) is 1. The van der Waals surface area contributed by atoms with Gasteiger partial charge in [-0.15, -0.1) is 0 Å². The molecule has 0 aliphatic carbocycles. The van der Waals surface area contributed by atoms with Gasteiger partial charge in [-0.25, -0.2) is 0 Å². The molecule has 3 N–H and O–H groups in total. The van der Waals surface area contributed by atoms with Crippen molar-refractivity contribution in [2.45, 2.75) is 45.6 Å². The Morgan fingerprint density at radius 1 is 1.05 bits per heavy atom. The third kappa shape index (κ3) is 4.52. The zero-order valence-electron chi connectivity index (χ0n) is 13.1. The summed E-state index contributed by atoms with van der Waals surface area (Å²) in [5.74, 6) is 0. The Morgan fingerprint density at radius 3 is 2.52 bits per heavy atom. The topological polar surface area (TPSA) is 38.0 Å². The summed E-state index contributed by atoms with van der Waals surface area (Å²) in [5, 5.41) is 3.58. The monoisotopic (exact) mass is 282 g/mol. The number of nitrogen functional groups attached to an aromatic ring is 1. The molecule has 0 radical (unpaired) electrons. The molecule has 2 heteroatoms. The average molecular weight is 282 g/mol. The summed E-state index contributed by atoms with van der Waals surface area (Å²) in [6.07, 6.45) is 5.07. The molecule has 0 aliphatic rings. The normalized spacial score (nSPS) is 12.1. The lowest BCUT2D eigenvalue weighted by Gasteiger charge is -2.17. The molecule has 0 bridgehead atoms. The lowest BCUT2D eigenvalue weighted by Crippen LogP contribution is -2.14. The van der Waals surface area contributed by atoms with Crippen LogP contribution in [0, 0.1) is 0 Å². The average Bonchev–Trinajstić information content (AvgIpc) is 2.50. The van der Waals surface area contributed by atoms with E-state index in [1.165, 1.54) is 25.7 Å². The van der Waals surface area contributed by atoms with Crippen molar-refractivity contribution in [3.63, 3.8) is 0 Å². The van der Waals surface area contributed by atoms with Crippen LogP contribution in [0.4, 0.5) is 11.4 Å². The van der Waals surface area contributed by atoms with Crippen LogP contribution in [0.3, 0.4) is 0 Å². The van der Waals surface area contributed by atoms with E-state index in [2.05, 4.69) is 43.4 Å². The quantitative estimate of drug-likeness (QED) is 0.533. The van der Waals surface area contributed by atoms with Gasteiger partial charge in [0.05, 0.1) is 0 Å². The molecule has 2 aromatic carbocycles. The second-order valence-electron chi connectivity index (χ2n) is 5.71. The van der Waals surface area contributed by atoms with Gasteiger partial charge >= 0.3 is 0 Å². The van der Waals surface area contributed by atoms with Gasteiger partial charge in [0.2, 0.25) is 0 Å². The van der Waals surface area contributed by atoms with Crippen molar-refractivity contribution in [3.8, 4) is 11.1 Å². The Labute approximate surface area is 128 Å². The van der Waals surface area contributed by atoms with E-state index in [0.29, 0.717) is 6.04 Å². The molecule has 0 aromatic heterocycles.